The van der Waals surface area contributed by atoms with Crippen LogP contribution in [0.1, 0.15) is 20.8 Å². The molecule has 1 amide bonds. The van der Waals surface area contributed by atoms with Crippen molar-refractivity contribution in [3.05, 3.63) is 74.0 Å². The third-order valence-corrected chi connectivity index (χ3v) is 6.59. The van der Waals surface area contributed by atoms with Crippen LogP contribution >= 0.6 is 11.3 Å². The van der Waals surface area contributed by atoms with E-state index in [-0.39, 0.29) is 29.4 Å². The van der Waals surface area contributed by atoms with Crippen LogP contribution < -0.4 is 19.7 Å². The van der Waals surface area contributed by atoms with Crippen LogP contribution in [0, 0.1) is 10.1 Å². The Labute approximate surface area is 201 Å². The van der Waals surface area contributed by atoms with Gasteiger partial charge in [-0.1, -0.05) is 12.1 Å². The average molecular weight is 484 g/mol. The number of nitro groups is 1. The summed E-state index contributed by atoms with van der Waals surface area (Å²) in [6.07, 6.45) is 0.933. The molecule has 9 nitrogen and oxygen atoms in total. The fourth-order valence-corrected chi connectivity index (χ4v) is 4.78. The Morgan fingerprint density at radius 3 is 2.76 bits per heavy atom. The number of benzene rings is 2. The van der Waals surface area contributed by atoms with Gasteiger partial charge in [0.05, 0.1) is 36.1 Å². The lowest BCUT2D eigenvalue weighted by Gasteiger charge is -2.30. The number of hydrogen-bond acceptors (Lipinski definition) is 8. The molecular weight excluding hydrogens is 458 g/mol. The largest absolute Gasteiger partial charge is 0.493 e. The zero-order valence-electron chi connectivity index (χ0n) is 18.9. The Hall–Kier alpha value is -3.63. The van der Waals surface area contributed by atoms with Crippen LogP contribution in [-0.4, -0.2) is 44.8 Å². The van der Waals surface area contributed by atoms with Gasteiger partial charge < -0.3 is 24.4 Å². The summed E-state index contributed by atoms with van der Waals surface area (Å²) in [4.78, 5) is 28.0. The molecule has 0 spiro atoms. The van der Waals surface area contributed by atoms with E-state index in [0.717, 1.165) is 25.2 Å². The van der Waals surface area contributed by atoms with Gasteiger partial charge in [-0.25, -0.2) is 0 Å². The van der Waals surface area contributed by atoms with Crippen molar-refractivity contribution >= 4 is 34.3 Å². The average Bonchev–Trinajstić information content (AvgIpc) is 3.32. The van der Waals surface area contributed by atoms with E-state index in [4.69, 9.17) is 14.2 Å². The monoisotopic (exact) mass is 483 g/mol. The van der Waals surface area contributed by atoms with Crippen molar-refractivity contribution in [3.63, 3.8) is 0 Å². The summed E-state index contributed by atoms with van der Waals surface area (Å²) >= 11 is 1.76. The van der Waals surface area contributed by atoms with Crippen LogP contribution in [0.4, 0.5) is 17.1 Å². The molecule has 1 aromatic heterocycles. The fourth-order valence-electron chi connectivity index (χ4n) is 3.89. The minimum Gasteiger partial charge on any atom is -0.493 e. The molecule has 3 aromatic rings. The van der Waals surface area contributed by atoms with Crippen LogP contribution in [-0.2, 0) is 17.7 Å². The van der Waals surface area contributed by atoms with E-state index >= 15 is 0 Å². The zero-order chi connectivity index (χ0) is 24.1. The molecule has 178 valence electrons. The number of anilines is 2. The maximum atomic E-state index is 13.2. The number of hydrogen-bond donors (Lipinski definition) is 1. The summed E-state index contributed by atoms with van der Waals surface area (Å²) < 4.78 is 15.8. The number of carbonyl (C=O) groups is 1. The van der Waals surface area contributed by atoms with Gasteiger partial charge in [-0.05, 0) is 35.6 Å². The summed E-state index contributed by atoms with van der Waals surface area (Å²) in [7, 11) is 2.94. The Morgan fingerprint density at radius 2 is 2.00 bits per heavy atom. The maximum Gasteiger partial charge on any atom is 0.286 e. The lowest BCUT2D eigenvalue weighted by Crippen LogP contribution is -2.30. The van der Waals surface area contributed by atoms with E-state index in [9.17, 15) is 14.9 Å². The molecule has 1 aliphatic heterocycles. The van der Waals surface area contributed by atoms with Crippen LogP contribution in [0.25, 0.3) is 0 Å². The van der Waals surface area contributed by atoms with Gasteiger partial charge in [0.2, 0.25) is 0 Å². The van der Waals surface area contributed by atoms with E-state index in [0.29, 0.717) is 12.3 Å². The second kappa shape index (κ2) is 10.5. The van der Waals surface area contributed by atoms with Crippen LogP contribution in [0.3, 0.4) is 0 Å². The Morgan fingerprint density at radius 1 is 1.18 bits per heavy atom. The van der Waals surface area contributed by atoms with Crippen molar-refractivity contribution in [3.8, 4) is 11.5 Å². The van der Waals surface area contributed by atoms with Crippen LogP contribution in [0.15, 0.2) is 47.8 Å². The number of rotatable bonds is 9. The predicted octanol–water partition coefficient (Wildman–Crippen LogP) is 4.51. The summed E-state index contributed by atoms with van der Waals surface area (Å²) in [5.74, 6) is -0.210. The standard InChI is InChI=1S/C24H25N3O6S/c1-31-10-11-33-22-14-20(27(29)30)17(13-21(22)32-2)24(28)25-18-5-3-4-6-19(18)26-9-7-23-16(15-26)8-12-34-23/h3-6,8,12-14H,7,9-11,15H2,1-2H3,(H,25,28). The molecule has 0 radical (unpaired) electrons. The van der Waals surface area contributed by atoms with Crippen molar-refractivity contribution in [2.24, 2.45) is 0 Å². The molecule has 0 unspecified atom stereocenters. The Balaban J connectivity index is 1.61. The number of nitro benzene ring substituents is 1. The first-order valence-electron chi connectivity index (χ1n) is 10.7. The van der Waals surface area contributed by atoms with E-state index in [1.165, 1.54) is 36.8 Å². The highest BCUT2D eigenvalue weighted by Gasteiger charge is 2.26. The second-order valence-electron chi connectivity index (χ2n) is 7.63. The molecule has 0 atom stereocenters. The molecule has 0 saturated heterocycles. The fraction of sp³-hybridized carbons (Fsp3) is 0.292. The number of fused-ring (bicyclic) bond motifs is 1. The number of carbonyl (C=O) groups excluding carboxylic acids is 1. The van der Waals surface area contributed by atoms with Gasteiger partial charge in [-0.2, -0.15) is 0 Å². The highest BCUT2D eigenvalue weighted by Crippen LogP contribution is 2.36. The number of para-hydroxylation sites is 2. The van der Waals surface area contributed by atoms with Gasteiger partial charge in [-0.15, -0.1) is 11.3 Å². The minimum absolute atomic E-state index is 0.116. The summed E-state index contributed by atoms with van der Waals surface area (Å²) in [5.41, 5.74) is 2.24. The van der Waals surface area contributed by atoms with Gasteiger partial charge >= 0.3 is 0 Å². The van der Waals surface area contributed by atoms with Crippen molar-refractivity contribution < 1.29 is 23.9 Å². The van der Waals surface area contributed by atoms with Gasteiger partial charge in [0.1, 0.15) is 12.2 Å². The van der Waals surface area contributed by atoms with E-state index < -0.39 is 10.8 Å². The smallest absolute Gasteiger partial charge is 0.286 e. The summed E-state index contributed by atoms with van der Waals surface area (Å²) in [6.45, 7) is 2.05. The highest BCUT2D eigenvalue weighted by atomic mass is 32.1. The van der Waals surface area contributed by atoms with Crippen molar-refractivity contribution in [2.75, 3.05) is 44.2 Å². The minimum atomic E-state index is -0.605. The van der Waals surface area contributed by atoms with Crippen molar-refractivity contribution in [2.45, 2.75) is 13.0 Å². The number of thiophene rings is 1. The first-order chi connectivity index (χ1) is 16.5. The molecule has 10 heteroatoms. The molecule has 2 heterocycles. The quantitative estimate of drug-likeness (QED) is 0.271. The SMILES string of the molecule is COCCOc1cc([N+](=O)[O-])c(C(=O)Nc2ccccc2N2CCc3sccc3C2)cc1OC. The van der Waals surface area contributed by atoms with Crippen molar-refractivity contribution in [1.29, 1.82) is 0 Å². The molecule has 2 aromatic carbocycles. The topological polar surface area (TPSA) is 103 Å². The predicted molar refractivity (Wildman–Crippen MR) is 130 cm³/mol. The Kier molecular flexibility index (Phi) is 7.29. The third-order valence-electron chi connectivity index (χ3n) is 5.57. The summed E-state index contributed by atoms with van der Waals surface area (Å²) in [6, 6.07) is 12.1. The van der Waals surface area contributed by atoms with Gasteiger partial charge in [-0.3, -0.25) is 14.9 Å². The molecule has 4 rings (SSSR count). The van der Waals surface area contributed by atoms with Gasteiger partial charge in [0.25, 0.3) is 11.6 Å². The van der Waals surface area contributed by atoms with Gasteiger partial charge in [0, 0.05) is 31.1 Å². The molecule has 1 aliphatic rings. The number of nitrogens with one attached hydrogen (secondary N) is 1. The normalized spacial score (nSPS) is 12.7. The van der Waals surface area contributed by atoms with Gasteiger partial charge in [0.15, 0.2) is 11.5 Å². The van der Waals surface area contributed by atoms with Crippen LogP contribution in [0.2, 0.25) is 0 Å². The third kappa shape index (κ3) is 4.97. The molecule has 0 saturated carbocycles. The van der Waals surface area contributed by atoms with Crippen molar-refractivity contribution in [1.82, 2.24) is 0 Å². The maximum absolute atomic E-state index is 13.2. The Bertz CT molecular complexity index is 1200. The van der Waals surface area contributed by atoms with E-state index in [1.54, 1.807) is 17.4 Å². The molecular formula is C24H25N3O6S. The second-order valence-corrected chi connectivity index (χ2v) is 8.63. The number of methoxy groups -OCH3 is 2. The first-order valence-corrected chi connectivity index (χ1v) is 11.6. The summed E-state index contributed by atoms with van der Waals surface area (Å²) in [5, 5.41) is 16.7. The van der Waals surface area contributed by atoms with E-state index in [1.807, 2.05) is 18.2 Å². The van der Waals surface area contributed by atoms with Crippen LogP contribution in [0.5, 0.6) is 11.5 Å². The lowest BCUT2D eigenvalue weighted by atomic mass is 10.1. The first kappa shape index (κ1) is 23.5. The number of ether oxygens (including phenoxy) is 3. The lowest BCUT2D eigenvalue weighted by molar-refractivity contribution is -0.385. The molecule has 1 N–H and O–H groups in total. The molecule has 0 aliphatic carbocycles. The number of amides is 1. The molecule has 0 fully saturated rings. The molecule has 34 heavy (non-hydrogen) atoms. The zero-order valence-corrected chi connectivity index (χ0v) is 19.7. The van der Waals surface area contributed by atoms with E-state index in [2.05, 4.69) is 21.7 Å². The highest BCUT2D eigenvalue weighted by molar-refractivity contribution is 7.10. The molecule has 0 bridgehead atoms. The number of nitrogens with zero attached hydrogens (tertiary/aromatic N) is 2.